The lowest BCUT2D eigenvalue weighted by molar-refractivity contribution is 0.0438. The van der Waals surface area contributed by atoms with Gasteiger partial charge in [0.2, 0.25) is 5.89 Å². The number of carbonyl (C=O) groups is 1. The van der Waals surface area contributed by atoms with Crippen molar-refractivity contribution in [3.05, 3.63) is 90.3 Å². The molecule has 0 saturated heterocycles. The zero-order valence-electron chi connectivity index (χ0n) is 18.4. The zero-order valence-corrected chi connectivity index (χ0v) is 19.2. The molecule has 0 radical (unpaired) electrons. The molecular weight excluding hydrogens is 458 g/mol. The first-order valence-corrected chi connectivity index (χ1v) is 11.6. The molecule has 0 saturated carbocycles. The molecular formula is C24H21N3O6S. The molecule has 0 aliphatic carbocycles. The topological polar surface area (TPSA) is 112 Å². The maximum atomic E-state index is 13.0. The van der Waals surface area contributed by atoms with Crippen molar-refractivity contribution in [1.29, 1.82) is 0 Å². The highest BCUT2D eigenvalue weighted by atomic mass is 32.2. The number of benzene rings is 3. The van der Waals surface area contributed by atoms with Gasteiger partial charge in [0, 0.05) is 12.6 Å². The molecule has 0 aliphatic rings. The van der Waals surface area contributed by atoms with Crippen molar-refractivity contribution in [3.8, 4) is 17.2 Å². The van der Waals surface area contributed by atoms with Crippen molar-refractivity contribution < 1.29 is 27.1 Å². The van der Waals surface area contributed by atoms with Crippen molar-refractivity contribution in [2.45, 2.75) is 11.5 Å². The quantitative estimate of drug-likeness (QED) is 0.350. The van der Waals surface area contributed by atoms with E-state index in [1.54, 1.807) is 24.3 Å². The molecule has 174 valence electrons. The highest BCUT2D eigenvalue weighted by Gasteiger charge is 2.24. The van der Waals surface area contributed by atoms with Gasteiger partial charge >= 0.3 is 5.97 Å². The minimum atomic E-state index is -3.88. The Morgan fingerprint density at radius 3 is 2.32 bits per heavy atom. The first-order chi connectivity index (χ1) is 16.4. The van der Waals surface area contributed by atoms with E-state index in [1.165, 1.54) is 38.4 Å². The Morgan fingerprint density at radius 1 is 0.941 bits per heavy atom. The van der Waals surface area contributed by atoms with Crippen LogP contribution in [0, 0.1) is 0 Å². The van der Waals surface area contributed by atoms with Crippen molar-refractivity contribution in [2.75, 3.05) is 18.5 Å². The Hall–Kier alpha value is -4.18. The summed E-state index contributed by atoms with van der Waals surface area (Å²) in [6.45, 7) is -0.213. The van der Waals surface area contributed by atoms with Crippen molar-refractivity contribution in [2.24, 2.45) is 0 Å². The third kappa shape index (κ3) is 4.76. The molecule has 0 atom stereocenters. The molecule has 1 aromatic heterocycles. The molecule has 0 unspecified atom stereocenters. The Balaban J connectivity index is 1.43. The van der Waals surface area contributed by atoms with Gasteiger partial charge in [0.25, 0.3) is 15.9 Å². The van der Waals surface area contributed by atoms with Crippen LogP contribution in [0.1, 0.15) is 16.2 Å². The Labute approximate surface area is 196 Å². The van der Waals surface area contributed by atoms with Gasteiger partial charge in [-0.3, -0.25) is 4.31 Å². The van der Waals surface area contributed by atoms with Gasteiger partial charge in [0.15, 0.2) is 6.61 Å². The van der Waals surface area contributed by atoms with Gasteiger partial charge < -0.3 is 13.9 Å². The molecule has 3 aromatic carbocycles. The number of anilines is 1. The number of carbonyl (C=O) groups excluding carboxylic acids is 1. The van der Waals surface area contributed by atoms with Crippen molar-refractivity contribution in [3.63, 3.8) is 0 Å². The number of esters is 1. The Morgan fingerprint density at radius 2 is 1.62 bits per heavy atom. The summed E-state index contributed by atoms with van der Waals surface area (Å²) in [6.07, 6.45) is 0. The molecule has 1 heterocycles. The zero-order chi connectivity index (χ0) is 24.1. The van der Waals surface area contributed by atoms with Gasteiger partial charge in [-0.05, 0) is 48.5 Å². The molecule has 34 heavy (non-hydrogen) atoms. The van der Waals surface area contributed by atoms with Crippen LogP contribution in [-0.2, 0) is 21.4 Å². The molecule has 0 spiro atoms. The summed E-state index contributed by atoms with van der Waals surface area (Å²) in [5.74, 6) is 0.233. The lowest BCUT2D eigenvalue weighted by Gasteiger charge is -2.21. The molecule has 4 rings (SSSR count). The Kier molecular flexibility index (Phi) is 6.60. The van der Waals surface area contributed by atoms with Gasteiger partial charge in [0.05, 0.1) is 23.3 Å². The lowest BCUT2D eigenvalue weighted by Crippen LogP contribution is -2.27. The van der Waals surface area contributed by atoms with E-state index in [-0.39, 0.29) is 23.0 Å². The predicted molar refractivity (Wildman–Crippen MR) is 124 cm³/mol. The summed E-state index contributed by atoms with van der Waals surface area (Å²) in [5.41, 5.74) is 1.33. The van der Waals surface area contributed by atoms with E-state index in [9.17, 15) is 13.2 Å². The summed E-state index contributed by atoms with van der Waals surface area (Å²) >= 11 is 0. The minimum absolute atomic E-state index is 0.0156. The van der Waals surface area contributed by atoms with E-state index in [4.69, 9.17) is 13.9 Å². The van der Waals surface area contributed by atoms with Crippen LogP contribution in [0.3, 0.4) is 0 Å². The normalized spacial score (nSPS) is 11.1. The number of hydrogen-bond donors (Lipinski definition) is 0. The third-order valence-electron chi connectivity index (χ3n) is 4.99. The maximum absolute atomic E-state index is 13.0. The monoisotopic (exact) mass is 479 g/mol. The fraction of sp³-hybridized carbons (Fsp3) is 0.125. The first-order valence-electron chi connectivity index (χ1n) is 10.2. The summed E-state index contributed by atoms with van der Waals surface area (Å²) in [4.78, 5) is 12.4. The fourth-order valence-electron chi connectivity index (χ4n) is 3.16. The first kappa shape index (κ1) is 23.0. The third-order valence-corrected chi connectivity index (χ3v) is 6.77. The molecule has 4 aromatic rings. The van der Waals surface area contributed by atoms with Crippen LogP contribution in [0.2, 0.25) is 0 Å². The average molecular weight is 480 g/mol. The number of aromatic nitrogens is 2. The van der Waals surface area contributed by atoms with E-state index >= 15 is 0 Å². The van der Waals surface area contributed by atoms with Crippen LogP contribution < -0.4 is 9.04 Å². The maximum Gasteiger partial charge on any atom is 0.338 e. The van der Waals surface area contributed by atoms with Gasteiger partial charge in [0.1, 0.15) is 5.75 Å². The van der Waals surface area contributed by atoms with Crippen LogP contribution in [0.15, 0.2) is 88.2 Å². The van der Waals surface area contributed by atoms with Crippen LogP contribution in [0.5, 0.6) is 5.75 Å². The highest BCUT2D eigenvalue weighted by molar-refractivity contribution is 7.92. The van der Waals surface area contributed by atoms with E-state index in [0.29, 0.717) is 17.3 Å². The number of para-hydroxylation sites is 2. The van der Waals surface area contributed by atoms with Gasteiger partial charge in [-0.15, -0.1) is 10.2 Å². The molecule has 9 nitrogen and oxygen atoms in total. The molecule has 10 heteroatoms. The minimum Gasteiger partial charge on any atom is -0.495 e. The second kappa shape index (κ2) is 9.75. The van der Waals surface area contributed by atoms with Crippen LogP contribution >= 0.6 is 0 Å². The average Bonchev–Trinajstić information content (AvgIpc) is 3.36. The van der Waals surface area contributed by atoms with Crippen LogP contribution in [0.25, 0.3) is 11.5 Å². The predicted octanol–water partition coefficient (Wildman–Crippen LogP) is 3.93. The van der Waals surface area contributed by atoms with Gasteiger partial charge in [-0.25, -0.2) is 13.2 Å². The molecule has 0 N–H and O–H groups in total. The number of ether oxygens (including phenoxy) is 2. The van der Waals surface area contributed by atoms with Crippen LogP contribution in [-0.4, -0.2) is 38.7 Å². The fourth-order valence-corrected chi connectivity index (χ4v) is 4.37. The second-order valence-electron chi connectivity index (χ2n) is 7.11. The number of hydrogen-bond acceptors (Lipinski definition) is 8. The molecule has 0 fully saturated rings. The summed E-state index contributed by atoms with van der Waals surface area (Å²) in [7, 11) is -0.975. The number of methoxy groups -OCH3 is 1. The molecule has 0 bridgehead atoms. The molecule has 0 amide bonds. The highest BCUT2D eigenvalue weighted by Crippen LogP contribution is 2.31. The standard InChI is InChI=1S/C24H21N3O6S/c1-27(20-10-6-7-11-21(20)31-2)34(29,30)19-14-12-18(13-15-19)24(28)32-16-22-25-26-23(33-22)17-8-4-3-5-9-17/h3-15H,16H2,1-2H3. The van der Waals surface area contributed by atoms with E-state index in [1.807, 2.05) is 30.3 Å². The van der Waals surface area contributed by atoms with Crippen LogP contribution in [0.4, 0.5) is 5.69 Å². The van der Waals surface area contributed by atoms with E-state index in [0.717, 1.165) is 9.87 Å². The summed E-state index contributed by atoms with van der Waals surface area (Å²) in [5, 5.41) is 7.82. The smallest absolute Gasteiger partial charge is 0.338 e. The SMILES string of the molecule is COc1ccccc1N(C)S(=O)(=O)c1ccc(C(=O)OCc2nnc(-c3ccccc3)o2)cc1. The lowest BCUT2D eigenvalue weighted by atomic mass is 10.2. The Bertz CT molecular complexity index is 1390. The van der Waals surface area contributed by atoms with Gasteiger partial charge in [-0.1, -0.05) is 30.3 Å². The van der Waals surface area contributed by atoms with Gasteiger partial charge in [-0.2, -0.15) is 0 Å². The summed E-state index contributed by atoms with van der Waals surface area (Å²) < 4.78 is 43.2. The van der Waals surface area contributed by atoms with E-state index in [2.05, 4.69) is 10.2 Å². The number of rotatable bonds is 8. The second-order valence-corrected chi connectivity index (χ2v) is 9.08. The number of nitrogens with zero attached hydrogens (tertiary/aromatic N) is 3. The van der Waals surface area contributed by atoms with Crippen molar-refractivity contribution in [1.82, 2.24) is 10.2 Å². The van der Waals surface area contributed by atoms with E-state index < -0.39 is 16.0 Å². The summed E-state index contributed by atoms with van der Waals surface area (Å²) in [6, 6.07) is 21.4. The van der Waals surface area contributed by atoms with Crippen molar-refractivity contribution >= 4 is 21.7 Å². The molecule has 0 aliphatic heterocycles. The number of sulfonamides is 1. The largest absolute Gasteiger partial charge is 0.495 e.